The van der Waals surface area contributed by atoms with Crippen molar-refractivity contribution in [1.29, 1.82) is 0 Å². The monoisotopic (exact) mass is 333 g/mol. The van der Waals surface area contributed by atoms with Crippen molar-refractivity contribution >= 4 is 18.0 Å². The molecule has 2 rings (SSSR count). The molecule has 1 aliphatic heterocycles. The van der Waals surface area contributed by atoms with Crippen LogP contribution >= 0.6 is 0 Å². The first-order chi connectivity index (χ1) is 11.5. The van der Waals surface area contributed by atoms with Gasteiger partial charge in [-0.1, -0.05) is 18.2 Å². The fourth-order valence-corrected chi connectivity index (χ4v) is 2.74. The van der Waals surface area contributed by atoms with Gasteiger partial charge in [0.15, 0.2) is 18.1 Å². The van der Waals surface area contributed by atoms with Gasteiger partial charge in [-0.15, -0.1) is 0 Å². The Balaban J connectivity index is 1.97. The van der Waals surface area contributed by atoms with Gasteiger partial charge in [-0.2, -0.15) is 0 Å². The van der Waals surface area contributed by atoms with E-state index in [4.69, 9.17) is 14.6 Å². The number of hydrogen-bond donors (Lipinski definition) is 1. The Bertz CT molecular complexity index is 626. The zero-order valence-corrected chi connectivity index (χ0v) is 14.0. The van der Waals surface area contributed by atoms with Crippen molar-refractivity contribution in [1.82, 2.24) is 4.90 Å². The number of carbonyl (C=O) groups is 2. The molecule has 1 unspecified atom stereocenters. The number of piperidine rings is 1. The minimum atomic E-state index is -0.852. The number of likely N-dealkylation sites (tertiary alicyclic amines) is 1. The van der Waals surface area contributed by atoms with Crippen molar-refractivity contribution in [3.05, 3.63) is 29.8 Å². The molecule has 6 heteroatoms. The van der Waals surface area contributed by atoms with Crippen LogP contribution in [0.25, 0.3) is 6.08 Å². The molecule has 130 valence electrons. The van der Waals surface area contributed by atoms with E-state index in [1.165, 1.54) is 0 Å². The highest BCUT2D eigenvalue weighted by molar-refractivity contribution is 5.79. The van der Waals surface area contributed by atoms with E-state index >= 15 is 0 Å². The van der Waals surface area contributed by atoms with Crippen LogP contribution in [0.5, 0.6) is 11.5 Å². The summed E-state index contributed by atoms with van der Waals surface area (Å²) in [6.07, 6.45) is 5.18. The lowest BCUT2D eigenvalue weighted by Gasteiger charge is -2.30. The standard InChI is InChI=1S/C18H23NO5/c1-3-5-13-7-8-15(16(10-13)23-2)24-12-17(20)19-9-4-6-14(11-19)18(21)22/h3,5,7-8,10,14H,4,6,9,11-12H2,1-2H3,(H,21,22)/b5-3+. The summed E-state index contributed by atoms with van der Waals surface area (Å²) >= 11 is 0. The average Bonchev–Trinajstić information content (AvgIpc) is 2.60. The van der Waals surface area contributed by atoms with Gasteiger partial charge in [0.1, 0.15) is 0 Å². The summed E-state index contributed by atoms with van der Waals surface area (Å²) < 4.78 is 10.9. The lowest BCUT2D eigenvalue weighted by Crippen LogP contribution is -2.44. The van der Waals surface area contributed by atoms with Crippen molar-refractivity contribution in [3.63, 3.8) is 0 Å². The number of ether oxygens (including phenoxy) is 2. The number of hydrogen-bond acceptors (Lipinski definition) is 4. The molecule has 24 heavy (non-hydrogen) atoms. The Morgan fingerprint density at radius 3 is 2.83 bits per heavy atom. The van der Waals surface area contributed by atoms with Crippen molar-refractivity contribution < 1.29 is 24.2 Å². The first kappa shape index (κ1) is 17.8. The molecule has 1 heterocycles. The zero-order chi connectivity index (χ0) is 17.5. The molecular weight excluding hydrogens is 310 g/mol. The van der Waals surface area contributed by atoms with Crippen molar-refractivity contribution in [2.24, 2.45) is 5.92 Å². The van der Waals surface area contributed by atoms with Crippen molar-refractivity contribution in [2.75, 3.05) is 26.8 Å². The molecule has 1 aliphatic rings. The van der Waals surface area contributed by atoms with E-state index < -0.39 is 11.9 Å². The van der Waals surface area contributed by atoms with Gasteiger partial charge in [0.2, 0.25) is 0 Å². The minimum absolute atomic E-state index is 0.133. The number of allylic oxidation sites excluding steroid dienone is 1. The van der Waals surface area contributed by atoms with E-state index in [0.717, 1.165) is 5.56 Å². The Kier molecular flexibility index (Phi) is 6.23. The number of aliphatic carboxylic acids is 1. The molecule has 0 aromatic heterocycles. The van der Waals surface area contributed by atoms with Crippen LogP contribution in [-0.2, 0) is 9.59 Å². The molecule has 1 aromatic carbocycles. The molecule has 1 atom stereocenters. The maximum absolute atomic E-state index is 12.3. The van der Waals surface area contributed by atoms with Crippen molar-refractivity contribution in [3.8, 4) is 11.5 Å². The van der Waals surface area contributed by atoms with Crippen molar-refractivity contribution in [2.45, 2.75) is 19.8 Å². The number of benzene rings is 1. The molecule has 0 radical (unpaired) electrons. The largest absolute Gasteiger partial charge is 0.493 e. The third-order valence-corrected chi connectivity index (χ3v) is 4.02. The maximum atomic E-state index is 12.3. The SMILES string of the molecule is C/C=C/c1ccc(OCC(=O)N2CCCC(C(=O)O)C2)c(OC)c1. The highest BCUT2D eigenvalue weighted by Gasteiger charge is 2.28. The minimum Gasteiger partial charge on any atom is -0.493 e. The smallest absolute Gasteiger partial charge is 0.308 e. The molecule has 1 saturated heterocycles. The van der Waals surface area contributed by atoms with Gasteiger partial charge in [0.05, 0.1) is 13.0 Å². The predicted octanol–water partition coefficient (Wildman–Crippen LogP) is 2.43. The number of carbonyl (C=O) groups excluding carboxylic acids is 1. The van der Waals surface area contributed by atoms with E-state index in [2.05, 4.69) is 0 Å². The van der Waals surface area contributed by atoms with Crippen LogP contribution in [0.1, 0.15) is 25.3 Å². The molecule has 1 N–H and O–H groups in total. The first-order valence-corrected chi connectivity index (χ1v) is 7.99. The third kappa shape index (κ3) is 4.50. The molecule has 0 saturated carbocycles. The van der Waals surface area contributed by atoms with Gasteiger partial charge in [0, 0.05) is 13.1 Å². The Labute approximate surface area is 141 Å². The molecule has 1 aromatic rings. The molecule has 0 spiro atoms. The second-order valence-electron chi connectivity index (χ2n) is 5.72. The first-order valence-electron chi connectivity index (χ1n) is 7.99. The lowest BCUT2D eigenvalue weighted by molar-refractivity contribution is -0.146. The zero-order valence-electron chi connectivity index (χ0n) is 14.0. The summed E-state index contributed by atoms with van der Waals surface area (Å²) in [6, 6.07) is 5.47. The van der Waals surface area contributed by atoms with Crippen LogP contribution in [0, 0.1) is 5.92 Å². The summed E-state index contributed by atoms with van der Waals surface area (Å²) in [6.45, 7) is 2.61. The van der Waals surface area contributed by atoms with Crippen LogP contribution < -0.4 is 9.47 Å². The second-order valence-corrected chi connectivity index (χ2v) is 5.72. The lowest BCUT2D eigenvalue weighted by atomic mass is 9.98. The fourth-order valence-electron chi connectivity index (χ4n) is 2.74. The molecule has 1 fully saturated rings. The Morgan fingerprint density at radius 1 is 1.38 bits per heavy atom. The topological polar surface area (TPSA) is 76.1 Å². The van der Waals surface area contributed by atoms with Gasteiger partial charge in [-0.3, -0.25) is 9.59 Å². The number of methoxy groups -OCH3 is 1. The number of rotatable bonds is 6. The number of carboxylic acids is 1. The Morgan fingerprint density at radius 2 is 2.17 bits per heavy atom. The molecule has 0 bridgehead atoms. The highest BCUT2D eigenvalue weighted by atomic mass is 16.5. The number of carboxylic acid groups (broad SMARTS) is 1. The Hall–Kier alpha value is -2.50. The predicted molar refractivity (Wildman–Crippen MR) is 90.1 cm³/mol. The average molecular weight is 333 g/mol. The molecule has 6 nitrogen and oxygen atoms in total. The van der Waals surface area contributed by atoms with E-state index in [1.54, 1.807) is 18.1 Å². The summed E-state index contributed by atoms with van der Waals surface area (Å²) in [5.74, 6) is -0.501. The fraction of sp³-hybridized carbons (Fsp3) is 0.444. The quantitative estimate of drug-likeness (QED) is 0.865. The summed E-state index contributed by atoms with van der Waals surface area (Å²) in [4.78, 5) is 24.9. The van der Waals surface area contributed by atoms with Gasteiger partial charge in [-0.05, 0) is 37.5 Å². The van der Waals surface area contributed by atoms with E-state index in [9.17, 15) is 9.59 Å². The number of amides is 1. The number of nitrogens with zero attached hydrogens (tertiary/aromatic N) is 1. The van der Waals surface area contributed by atoms with E-state index in [1.807, 2.05) is 31.2 Å². The van der Waals surface area contributed by atoms with Crippen LogP contribution in [-0.4, -0.2) is 48.7 Å². The van der Waals surface area contributed by atoms with E-state index in [-0.39, 0.29) is 19.1 Å². The normalized spacial score (nSPS) is 17.8. The highest BCUT2D eigenvalue weighted by Crippen LogP contribution is 2.28. The van der Waals surface area contributed by atoms with Gasteiger partial charge in [-0.25, -0.2) is 0 Å². The van der Waals surface area contributed by atoms with Crippen LogP contribution in [0.15, 0.2) is 24.3 Å². The van der Waals surface area contributed by atoms with Gasteiger partial charge < -0.3 is 19.5 Å². The molecule has 0 aliphatic carbocycles. The second kappa shape index (κ2) is 8.38. The van der Waals surface area contributed by atoms with E-state index in [0.29, 0.717) is 30.9 Å². The summed E-state index contributed by atoms with van der Waals surface area (Å²) in [5.41, 5.74) is 0.980. The molecular formula is C18H23NO5. The summed E-state index contributed by atoms with van der Waals surface area (Å²) in [5, 5.41) is 9.09. The molecule has 1 amide bonds. The van der Waals surface area contributed by atoms with Crippen LogP contribution in [0.4, 0.5) is 0 Å². The van der Waals surface area contributed by atoms with Gasteiger partial charge >= 0.3 is 5.97 Å². The van der Waals surface area contributed by atoms with Crippen LogP contribution in [0.3, 0.4) is 0 Å². The maximum Gasteiger partial charge on any atom is 0.308 e. The third-order valence-electron chi connectivity index (χ3n) is 4.02. The van der Waals surface area contributed by atoms with Crippen LogP contribution in [0.2, 0.25) is 0 Å². The summed E-state index contributed by atoms with van der Waals surface area (Å²) in [7, 11) is 1.55. The van der Waals surface area contributed by atoms with Gasteiger partial charge in [0.25, 0.3) is 5.91 Å².